The molecule has 2 amide bonds. The molecule has 0 spiro atoms. The molecule has 26 heavy (non-hydrogen) atoms. The summed E-state index contributed by atoms with van der Waals surface area (Å²) in [6.45, 7) is 1.90. The van der Waals surface area contributed by atoms with Gasteiger partial charge in [-0.1, -0.05) is 53.5 Å². The Morgan fingerprint density at radius 1 is 0.923 bits per heavy atom. The molecule has 2 aromatic carbocycles. The molecule has 0 N–H and O–H groups in total. The number of nitrogens with zero attached hydrogens (tertiary/aromatic N) is 2. The summed E-state index contributed by atoms with van der Waals surface area (Å²) < 4.78 is 5.33. The fourth-order valence-corrected chi connectivity index (χ4v) is 3.10. The lowest BCUT2D eigenvalue weighted by molar-refractivity contribution is 0.0544. The van der Waals surface area contributed by atoms with E-state index in [0.29, 0.717) is 41.8 Å². The summed E-state index contributed by atoms with van der Waals surface area (Å²) in [4.78, 5) is 28.1. The van der Waals surface area contributed by atoms with Gasteiger partial charge in [-0.05, 0) is 23.8 Å². The highest BCUT2D eigenvalue weighted by molar-refractivity contribution is 6.35. The van der Waals surface area contributed by atoms with E-state index in [2.05, 4.69) is 0 Å². The molecule has 0 radical (unpaired) electrons. The second kappa shape index (κ2) is 8.43. The predicted octanol–water partition coefficient (Wildman–Crippen LogP) is 4.09. The number of benzene rings is 2. The predicted molar refractivity (Wildman–Crippen MR) is 101 cm³/mol. The van der Waals surface area contributed by atoms with E-state index >= 15 is 0 Å². The molecule has 0 bridgehead atoms. The van der Waals surface area contributed by atoms with Crippen molar-refractivity contribution in [2.24, 2.45) is 0 Å². The third kappa shape index (κ3) is 4.48. The second-order valence-electron chi connectivity index (χ2n) is 5.94. The van der Waals surface area contributed by atoms with Crippen LogP contribution in [-0.4, -0.2) is 48.0 Å². The molecule has 1 fully saturated rings. The molecule has 136 valence electrons. The normalized spacial score (nSPS) is 14.2. The van der Waals surface area contributed by atoms with Crippen LogP contribution in [0.2, 0.25) is 10.0 Å². The molecule has 0 aromatic heterocycles. The fourth-order valence-electron chi connectivity index (χ4n) is 2.73. The number of amides is 2. The number of halogens is 2. The molecule has 0 unspecified atom stereocenters. The molecular formula is C19H18Cl2N2O3. The monoisotopic (exact) mass is 392 g/mol. The molecule has 5 nitrogen and oxygen atoms in total. The van der Waals surface area contributed by atoms with Crippen LogP contribution in [0.1, 0.15) is 15.9 Å². The van der Waals surface area contributed by atoms with Crippen LogP contribution < -0.4 is 0 Å². The van der Waals surface area contributed by atoms with E-state index in [1.807, 2.05) is 30.3 Å². The molecule has 0 atom stereocenters. The SMILES string of the molecule is O=C(OCc1ccccc1)N1CCN(C(=O)c2cc(Cl)ccc2Cl)CC1. The van der Waals surface area contributed by atoms with E-state index in [0.717, 1.165) is 5.56 Å². The van der Waals surface area contributed by atoms with Gasteiger partial charge in [0.2, 0.25) is 0 Å². The largest absolute Gasteiger partial charge is 0.445 e. The summed E-state index contributed by atoms with van der Waals surface area (Å²) in [5.41, 5.74) is 1.31. The molecule has 1 heterocycles. The van der Waals surface area contributed by atoms with Crippen LogP contribution in [0.15, 0.2) is 48.5 Å². The van der Waals surface area contributed by atoms with Crippen molar-refractivity contribution >= 4 is 35.2 Å². The van der Waals surface area contributed by atoms with Gasteiger partial charge in [0, 0.05) is 31.2 Å². The van der Waals surface area contributed by atoms with Crippen LogP contribution in [0, 0.1) is 0 Å². The average Bonchev–Trinajstić information content (AvgIpc) is 2.68. The van der Waals surface area contributed by atoms with Gasteiger partial charge in [0.15, 0.2) is 0 Å². The van der Waals surface area contributed by atoms with Crippen LogP contribution in [0.4, 0.5) is 4.79 Å². The number of carbonyl (C=O) groups is 2. The molecule has 1 aliphatic heterocycles. The standard InChI is InChI=1S/C19H18Cl2N2O3/c20-15-6-7-17(21)16(12-15)18(24)22-8-10-23(11-9-22)19(25)26-13-14-4-2-1-3-5-14/h1-7,12H,8-11,13H2. The van der Waals surface area contributed by atoms with Gasteiger partial charge in [-0.25, -0.2) is 4.79 Å². The van der Waals surface area contributed by atoms with Gasteiger partial charge in [0.05, 0.1) is 10.6 Å². The summed E-state index contributed by atoms with van der Waals surface area (Å²) >= 11 is 12.0. The minimum absolute atomic E-state index is 0.185. The molecule has 1 aliphatic rings. The van der Waals surface area contributed by atoms with Gasteiger partial charge < -0.3 is 14.5 Å². The third-order valence-electron chi connectivity index (χ3n) is 4.19. The Morgan fingerprint density at radius 2 is 1.58 bits per heavy atom. The maximum atomic E-state index is 12.6. The fraction of sp³-hybridized carbons (Fsp3) is 0.263. The summed E-state index contributed by atoms with van der Waals surface area (Å²) in [7, 11) is 0. The van der Waals surface area contributed by atoms with Crippen LogP contribution in [0.3, 0.4) is 0 Å². The van der Waals surface area contributed by atoms with Crippen molar-refractivity contribution in [3.8, 4) is 0 Å². The van der Waals surface area contributed by atoms with Crippen molar-refractivity contribution in [2.45, 2.75) is 6.61 Å². The van der Waals surface area contributed by atoms with E-state index in [-0.39, 0.29) is 18.6 Å². The minimum Gasteiger partial charge on any atom is -0.445 e. The molecule has 1 saturated heterocycles. The number of rotatable bonds is 3. The summed E-state index contributed by atoms with van der Waals surface area (Å²) in [6.07, 6.45) is -0.373. The lowest BCUT2D eigenvalue weighted by Crippen LogP contribution is -2.50. The summed E-state index contributed by atoms with van der Waals surface area (Å²) in [6, 6.07) is 14.3. The Balaban J connectivity index is 1.53. The van der Waals surface area contributed by atoms with E-state index in [1.54, 1.807) is 28.0 Å². The highest BCUT2D eigenvalue weighted by Crippen LogP contribution is 2.22. The van der Waals surface area contributed by atoms with Crippen LogP contribution in [0.5, 0.6) is 0 Å². The zero-order valence-corrected chi connectivity index (χ0v) is 15.5. The first-order valence-corrected chi connectivity index (χ1v) is 9.00. The van der Waals surface area contributed by atoms with Crippen LogP contribution in [-0.2, 0) is 11.3 Å². The van der Waals surface area contributed by atoms with Crippen molar-refractivity contribution in [1.29, 1.82) is 0 Å². The average molecular weight is 393 g/mol. The number of piperazine rings is 1. The molecule has 7 heteroatoms. The third-order valence-corrected chi connectivity index (χ3v) is 4.75. The van der Waals surface area contributed by atoms with Crippen molar-refractivity contribution in [1.82, 2.24) is 9.80 Å². The van der Waals surface area contributed by atoms with Crippen molar-refractivity contribution in [3.63, 3.8) is 0 Å². The van der Waals surface area contributed by atoms with Crippen LogP contribution >= 0.6 is 23.2 Å². The van der Waals surface area contributed by atoms with Gasteiger partial charge in [-0.15, -0.1) is 0 Å². The smallest absolute Gasteiger partial charge is 0.410 e. The Hall–Kier alpha value is -2.24. The number of carbonyl (C=O) groups excluding carboxylic acids is 2. The number of ether oxygens (including phenoxy) is 1. The molecular weight excluding hydrogens is 375 g/mol. The molecule has 3 rings (SSSR count). The minimum atomic E-state index is -0.373. The molecule has 0 aliphatic carbocycles. The Labute approximate surface area is 162 Å². The van der Waals surface area contributed by atoms with Gasteiger partial charge in [-0.3, -0.25) is 4.79 Å². The highest BCUT2D eigenvalue weighted by Gasteiger charge is 2.26. The van der Waals surface area contributed by atoms with E-state index < -0.39 is 0 Å². The summed E-state index contributed by atoms with van der Waals surface area (Å²) in [5.74, 6) is -0.185. The topological polar surface area (TPSA) is 49.9 Å². The first-order valence-electron chi connectivity index (χ1n) is 8.24. The Kier molecular flexibility index (Phi) is 6.01. The second-order valence-corrected chi connectivity index (χ2v) is 6.79. The quantitative estimate of drug-likeness (QED) is 0.790. The first kappa shape index (κ1) is 18.5. The van der Waals surface area contributed by atoms with Crippen molar-refractivity contribution in [2.75, 3.05) is 26.2 Å². The number of hydrogen-bond acceptors (Lipinski definition) is 3. The molecule has 2 aromatic rings. The zero-order valence-electron chi connectivity index (χ0n) is 14.0. The van der Waals surface area contributed by atoms with Gasteiger partial charge in [-0.2, -0.15) is 0 Å². The lowest BCUT2D eigenvalue weighted by Gasteiger charge is -2.34. The van der Waals surface area contributed by atoms with Crippen molar-refractivity contribution in [3.05, 3.63) is 69.7 Å². The number of hydrogen-bond donors (Lipinski definition) is 0. The van der Waals surface area contributed by atoms with Gasteiger partial charge in [0.25, 0.3) is 5.91 Å². The zero-order chi connectivity index (χ0) is 18.5. The van der Waals surface area contributed by atoms with Crippen molar-refractivity contribution < 1.29 is 14.3 Å². The summed E-state index contributed by atoms with van der Waals surface area (Å²) in [5, 5.41) is 0.824. The Morgan fingerprint density at radius 3 is 2.27 bits per heavy atom. The van der Waals surface area contributed by atoms with E-state index in [9.17, 15) is 9.59 Å². The first-order chi connectivity index (χ1) is 12.5. The van der Waals surface area contributed by atoms with E-state index in [4.69, 9.17) is 27.9 Å². The molecule has 0 saturated carbocycles. The van der Waals surface area contributed by atoms with Crippen LogP contribution in [0.25, 0.3) is 0 Å². The lowest BCUT2D eigenvalue weighted by atomic mass is 10.2. The maximum absolute atomic E-state index is 12.6. The highest BCUT2D eigenvalue weighted by atomic mass is 35.5. The van der Waals surface area contributed by atoms with Gasteiger partial charge >= 0.3 is 6.09 Å². The van der Waals surface area contributed by atoms with Gasteiger partial charge in [0.1, 0.15) is 6.61 Å². The maximum Gasteiger partial charge on any atom is 0.410 e. The Bertz CT molecular complexity index is 791. The van der Waals surface area contributed by atoms with E-state index in [1.165, 1.54) is 0 Å².